The van der Waals surface area contributed by atoms with Crippen LogP contribution >= 0.6 is 23.4 Å². The highest BCUT2D eigenvalue weighted by atomic mass is 35.5. The molecule has 2 aromatic rings. The molecule has 0 radical (unpaired) electrons. The fraction of sp³-hybridized carbons (Fsp3) is 0.278. The van der Waals surface area contributed by atoms with Crippen LogP contribution < -0.4 is 9.47 Å². The zero-order chi connectivity index (χ0) is 17.5. The van der Waals surface area contributed by atoms with Crippen LogP contribution in [0.15, 0.2) is 47.4 Å². The molecule has 0 aromatic heterocycles. The number of carboxylic acids is 1. The van der Waals surface area contributed by atoms with Crippen LogP contribution in [-0.4, -0.2) is 30.0 Å². The Labute approximate surface area is 150 Å². The number of ether oxygens (including phenoxy) is 2. The summed E-state index contributed by atoms with van der Waals surface area (Å²) < 4.78 is 10.8. The summed E-state index contributed by atoms with van der Waals surface area (Å²) in [7, 11) is 1.49. The molecule has 0 saturated heterocycles. The summed E-state index contributed by atoms with van der Waals surface area (Å²) in [5, 5.41) is 9.90. The Bertz CT molecular complexity index is 705. The zero-order valence-electron chi connectivity index (χ0n) is 13.5. The normalized spacial score (nSPS) is 11.8. The highest BCUT2D eigenvalue weighted by molar-refractivity contribution is 7.99. The van der Waals surface area contributed by atoms with Gasteiger partial charge in [0.25, 0.3) is 0 Å². The molecular formula is C18H19ClO4S. The van der Waals surface area contributed by atoms with Crippen molar-refractivity contribution in [3.05, 3.63) is 53.1 Å². The molecule has 2 aromatic carbocycles. The van der Waals surface area contributed by atoms with Crippen LogP contribution in [0.25, 0.3) is 0 Å². The van der Waals surface area contributed by atoms with E-state index < -0.39 is 12.1 Å². The van der Waals surface area contributed by atoms with Crippen molar-refractivity contribution in [2.75, 3.05) is 12.9 Å². The van der Waals surface area contributed by atoms with Gasteiger partial charge in [0, 0.05) is 28.2 Å². The van der Waals surface area contributed by atoms with E-state index in [2.05, 4.69) is 0 Å². The van der Waals surface area contributed by atoms with Crippen molar-refractivity contribution in [1.29, 1.82) is 0 Å². The molecule has 0 aliphatic rings. The molecule has 2 rings (SSSR count). The standard InChI is InChI=1S/C18H19ClO4S/c1-12-5-3-4-6-17(12)24-10-9-15(18(20)21)23-14-8-7-13(19)11-16(14)22-2/h3-8,11,15H,9-10H2,1-2H3,(H,20,21). The number of carbonyl (C=O) groups is 1. The molecule has 128 valence electrons. The van der Waals surface area contributed by atoms with E-state index in [9.17, 15) is 9.90 Å². The van der Waals surface area contributed by atoms with Gasteiger partial charge in [0.2, 0.25) is 0 Å². The number of aryl methyl sites for hydroxylation is 1. The van der Waals surface area contributed by atoms with E-state index in [0.717, 1.165) is 4.90 Å². The second kappa shape index (κ2) is 8.85. The van der Waals surface area contributed by atoms with Crippen LogP contribution in [0.1, 0.15) is 12.0 Å². The van der Waals surface area contributed by atoms with Gasteiger partial charge in [-0.1, -0.05) is 29.8 Å². The van der Waals surface area contributed by atoms with Crippen LogP contribution in [0.4, 0.5) is 0 Å². The maximum absolute atomic E-state index is 11.5. The second-order valence-electron chi connectivity index (χ2n) is 5.14. The van der Waals surface area contributed by atoms with Crippen molar-refractivity contribution in [3.63, 3.8) is 0 Å². The first-order valence-corrected chi connectivity index (χ1v) is 8.79. The number of hydrogen-bond donors (Lipinski definition) is 1. The molecule has 0 saturated carbocycles. The van der Waals surface area contributed by atoms with Crippen molar-refractivity contribution in [3.8, 4) is 11.5 Å². The molecule has 1 N–H and O–H groups in total. The Morgan fingerprint density at radius 2 is 2.00 bits per heavy atom. The average molecular weight is 367 g/mol. The predicted molar refractivity (Wildman–Crippen MR) is 96.6 cm³/mol. The fourth-order valence-corrected chi connectivity index (χ4v) is 3.30. The lowest BCUT2D eigenvalue weighted by Crippen LogP contribution is -2.27. The van der Waals surface area contributed by atoms with E-state index in [1.54, 1.807) is 30.0 Å². The summed E-state index contributed by atoms with van der Waals surface area (Å²) in [4.78, 5) is 12.6. The molecule has 0 aliphatic carbocycles. The fourth-order valence-electron chi connectivity index (χ4n) is 2.12. The van der Waals surface area contributed by atoms with E-state index in [-0.39, 0.29) is 0 Å². The monoisotopic (exact) mass is 366 g/mol. The largest absolute Gasteiger partial charge is 0.493 e. The minimum absolute atomic E-state index is 0.371. The molecule has 0 bridgehead atoms. The van der Waals surface area contributed by atoms with Gasteiger partial charge in [0.15, 0.2) is 17.6 Å². The summed E-state index contributed by atoms with van der Waals surface area (Å²) in [6, 6.07) is 12.9. The van der Waals surface area contributed by atoms with Gasteiger partial charge >= 0.3 is 5.97 Å². The maximum atomic E-state index is 11.5. The maximum Gasteiger partial charge on any atom is 0.344 e. The van der Waals surface area contributed by atoms with Gasteiger partial charge in [0.1, 0.15) is 0 Å². The van der Waals surface area contributed by atoms with Gasteiger partial charge in [-0.15, -0.1) is 11.8 Å². The van der Waals surface area contributed by atoms with Gasteiger partial charge in [-0.3, -0.25) is 0 Å². The first kappa shape index (κ1) is 18.5. The lowest BCUT2D eigenvalue weighted by atomic mass is 10.2. The highest BCUT2D eigenvalue weighted by Crippen LogP contribution is 2.31. The number of carboxylic acid groups (broad SMARTS) is 1. The smallest absolute Gasteiger partial charge is 0.344 e. The molecule has 24 heavy (non-hydrogen) atoms. The first-order valence-electron chi connectivity index (χ1n) is 7.42. The van der Waals surface area contributed by atoms with Crippen molar-refractivity contribution in [2.24, 2.45) is 0 Å². The molecular weight excluding hydrogens is 348 g/mol. The summed E-state index contributed by atoms with van der Waals surface area (Å²) in [5.41, 5.74) is 1.18. The molecule has 4 nitrogen and oxygen atoms in total. The minimum Gasteiger partial charge on any atom is -0.493 e. The number of hydrogen-bond acceptors (Lipinski definition) is 4. The Balaban J connectivity index is 2.00. The van der Waals surface area contributed by atoms with Crippen LogP contribution in [-0.2, 0) is 4.79 Å². The summed E-state index contributed by atoms with van der Waals surface area (Å²) in [6.07, 6.45) is -0.572. The molecule has 0 fully saturated rings. The molecule has 0 aliphatic heterocycles. The van der Waals surface area contributed by atoms with Crippen molar-refractivity contribution in [1.82, 2.24) is 0 Å². The van der Waals surface area contributed by atoms with Gasteiger partial charge < -0.3 is 14.6 Å². The van der Waals surface area contributed by atoms with E-state index in [0.29, 0.717) is 28.7 Å². The summed E-state index contributed by atoms with van der Waals surface area (Å²) in [6.45, 7) is 2.03. The van der Waals surface area contributed by atoms with Crippen LogP contribution in [0.5, 0.6) is 11.5 Å². The predicted octanol–water partition coefficient (Wildman–Crippen LogP) is 4.67. The van der Waals surface area contributed by atoms with Crippen molar-refractivity contribution in [2.45, 2.75) is 24.3 Å². The van der Waals surface area contributed by atoms with E-state index >= 15 is 0 Å². The third-order valence-corrected chi connectivity index (χ3v) is 4.85. The quantitative estimate of drug-likeness (QED) is 0.688. The number of methoxy groups -OCH3 is 1. The Morgan fingerprint density at radius 1 is 1.25 bits per heavy atom. The van der Waals surface area contributed by atoms with Crippen molar-refractivity contribution >= 4 is 29.3 Å². The first-order chi connectivity index (χ1) is 11.5. The minimum atomic E-state index is -1.00. The van der Waals surface area contributed by atoms with Crippen LogP contribution in [0.2, 0.25) is 5.02 Å². The molecule has 0 spiro atoms. The van der Waals surface area contributed by atoms with Crippen LogP contribution in [0, 0.1) is 6.92 Å². The third kappa shape index (κ3) is 5.08. The highest BCUT2D eigenvalue weighted by Gasteiger charge is 2.21. The topological polar surface area (TPSA) is 55.8 Å². The van der Waals surface area contributed by atoms with E-state index in [4.69, 9.17) is 21.1 Å². The average Bonchev–Trinajstić information content (AvgIpc) is 2.56. The van der Waals surface area contributed by atoms with E-state index in [1.807, 2.05) is 31.2 Å². The molecule has 0 amide bonds. The number of thioether (sulfide) groups is 1. The van der Waals surface area contributed by atoms with Crippen molar-refractivity contribution < 1.29 is 19.4 Å². The zero-order valence-corrected chi connectivity index (χ0v) is 15.1. The molecule has 6 heteroatoms. The van der Waals surface area contributed by atoms with Gasteiger partial charge in [-0.05, 0) is 30.7 Å². The third-order valence-electron chi connectivity index (χ3n) is 3.40. The van der Waals surface area contributed by atoms with E-state index in [1.165, 1.54) is 12.7 Å². The second-order valence-corrected chi connectivity index (χ2v) is 6.72. The van der Waals surface area contributed by atoms with Crippen LogP contribution in [0.3, 0.4) is 0 Å². The number of benzene rings is 2. The Hall–Kier alpha value is -1.85. The molecule has 0 heterocycles. The number of halogens is 1. The molecule has 1 atom stereocenters. The van der Waals surface area contributed by atoms with Gasteiger partial charge in [0.05, 0.1) is 7.11 Å². The Kier molecular flexibility index (Phi) is 6.82. The lowest BCUT2D eigenvalue weighted by Gasteiger charge is -2.17. The van der Waals surface area contributed by atoms with Gasteiger partial charge in [-0.2, -0.15) is 0 Å². The SMILES string of the molecule is COc1cc(Cl)ccc1OC(CCSc1ccccc1C)C(=O)O. The Morgan fingerprint density at radius 3 is 2.67 bits per heavy atom. The summed E-state index contributed by atoms with van der Waals surface area (Å²) >= 11 is 7.53. The number of aliphatic carboxylic acids is 1. The van der Waals surface area contributed by atoms with Gasteiger partial charge in [-0.25, -0.2) is 4.79 Å². The lowest BCUT2D eigenvalue weighted by molar-refractivity contribution is -0.145. The molecule has 1 unspecified atom stereocenters. The summed E-state index contributed by atoms with van der Waals surface area (Å²) in [5.74, 6) is 0.422. The number of rotatable bonds is 8.